The Hall–Kier alpha value is -1.02. The van der Waals surface area contributed by atoms with Crippen LogP contribution >= 0.6 is 0 Å². The van der Waals surface area contributed by atoms with E-state index in [4.69, 9.17) is 13.1 Å². The predicted octanol–water partition coefficient (Wildman–Crippen LogP) is 2.38. The molecule has 0 radical (unpaired) electrons. The molecule has 2 unspecified atom stereocenters. The van der Waals surface area contributed by atoms with E-state index in [9.17, 15) is 0 Å². The van der Waals surface area contributed by atoms with Crippen molar-refractivity contribution in [2.24, 2.45) is 0 Å². The third kappa shape index (κ3) is 2.51. The average molecular weight is 136 g/mol. The lowest BCUT2D eigenvalue weighted by Gasteiger charge is -2.00. The molecule has 0 N–H and O–H groups in total. The molecule has 0 aromatic rings. The van der Waals surface area contributed by atoms with Crippen molar-refractivity contribution < 1.29 is 0 Å². The van der Waals surface area contributed by atoms with Gasteiger partial charge in [0.15, 0.2) is 0 Å². The van der Waals surface area contributed by atoms with Crippen LogP contribution in [0.5, 0.6) is 0 Å². The molecule has 2 atom stereocenters. The van der Waals surface area contributed by atoms with Crippen molar-refractivity contribution in [2.75, 3.05) is 0 Å². The Morgan fingerprint density at radius 3 is 2.20 bits per heavy atom. The average Bonchev–Trinajstić information content (AvgIpc) is 1.99. The molecular formula is C8H12N2. The van der Waals surface area contributed by atoms with Gasteiger partial charge in [-0.25, -0.2) is 13.1 Å². The van der Waals surface area contributed by atoms with Gasteiger partial charge in [-0.3, -0.25) is 0 Å². The first-order valence-electron chi connectivity index (χ1n) is 3.49. The predicted molar refractivity (Wildman–Crippen MR) is 41.4 cm³/mol. The van der Waals surface area contributed by atoms with E-state index >= 15 is 0 Å². The van der Waals surface area contributed by atoms with E-state index in [1.807, 2.05) is 13.8 Å². The first-order valence-corrected chi connectivity index (χ1v) is 3.49. The fourth-order valence-electron chi connectivity index (χ4n) is 0.795. The van der Waals surface area contributed by atoms with Gasteiger partial charge in [0.1, 0.15) is 0 Å². The highest BCUT2D eigenvalue weighted by Crippen LogP contribution is 2.09. The molecule has 54 valence electrons. The summed E-state index contributed by atoms with van der Waals surface area (Å²) < 4.78 is 0. The van der Waals surface area contributed by atoms with Gasteiger partial charge in [0.05, 0.1) is 0 Å². The molecule has 2 nitrogen and oxygen atoms in total. The SMILES string of the molecule is [C-]#[N+]C(C)C(CCC)[N+]#[C-]. The van der Waals surface area contributed by atoms with Crippen LogP contribution in [-0.2, 0) is 0 Å². The summed E-state index contributed by atoms with van der Waals surface area (Å²) in [5, 5.41) is 0. The fraction of sp³-hybridized carbons (Fsp3) is 0.750. The molecule has 0 heterocycles. The van der Waals surface area contributed by atoms with Crippen LogP contribution in [-0.4, -0.2) is 12.1 Å². The zero-order valence-electron chi connectivity index (χ0n) is 6.46. The van der Waals surface area contributed by atoms with Gasteiger partial charge >= 0.3 is 0 Å². The first kappa shape index (κ1) is 8.98. The molecule has 0 fully saturated rings. The van der Waals surface area contributed by atoms with E-state index in [0.29, 0.717) is 0 Å². The molecule has 2 heteroatoms. The summed E-state index contributed by atoms with van der Waals surface area (Å²) in [6, 6.07) is -0.208. The molecule has 0 aliphatic rings. The third-order valence-electron chi connectivity index (χ3n) is 1.51. The summed E-state index contributed by atoms with van der Waals surface area (Å²) in [4.78, 5) is 6.70. The number of hydrogen-bond acceptors (Lipinski definition) is 0. The van der Waals surface area contributed by atoms with Gasteiger partial charge in [0, 0.05) is 13.3 Å². The molecule has 0 aliphatic heterocycles. The van der Waals surface area contributed by atoms with Crippen LogP contribution in [0.1, 0.15) is 26.7 Å². The molecule has 0 aliphatic carbocycles. The minimum atomic E-state index is -0.127. The van der Waals surface area contributed by atoms with Gasteiger partial charge in [0.2, 0.25) is 0 Å². The quantitative estimate of drug-likeness (QED) is 0.527. The Morgan fingerprint density at radius 2 is 1.90 bits per heavy atom. The number of hydrogen-bond donors (Lipinski definition) is 0. The molecule has 0 rings (SSSR count). The lowest BCUT2D eigenvalue weighted by molar-refractivity contribution is 0.626. The van der Waals surface area contributed by atoms with Crippen molar-refractivity contribution in [2.45, 2.75) is 38.8 Å². The first-order chi connectivity index (χ1) is 4.76. The normalized spacial score (nSPS) is 14.8. The Balaban J connectivity index is 3.86. The Morgan fingerprint density at radius 1 is 1.30 bits per heavy atom. The van der Waals surface area contributed by atoms with Crippen LogP contribution in [0.4, 0.5) is 0 Å². The molecule has 10 heavy (non-hydrogen) atoms. The summed E-state index contributed by atoms with van der Waals surface area (Å²) in [5.41, 5.74) is 0. The van der Waals surface area contributed by atoms with E-state index in [0.717, 1.165) is 12.8 Å². The van der Waals surface area contributed by atoms with Crippen LogP contribution in [0.15, 0.2) is 0 Å². The van der Waals surface area contributed by atoms with Gasteiger partial charge in [-0.2, -0.15) is 0 Å². The van der Waals surface area contributed by atoms with E-state index < -0.39 is 0 Å². The Labute approximate surface area is 62.5 Å². The van der Waals surface area contributed by atoms with E-state index in [1.165, 1.54) is 0 Å². The topological polar surface area (TPSA) is 8.72 Å². The zero-order valence-corrected chi connectivity index (χ0v) is 6.46. The highest BCUT2D eigenvalue weighted by Gasteiger charge is 2.24. The Bertz CT molecular complexity index is 161. The van der Waals surface area contributed by atoms with Gasteiger partial charge in [-0.05, 0) is 6.42 Å². The van der Waals surface area contributed by atoms with E-state index in [2.05, 4.69) is 9.69 Å². The molecule has 0 saturated heterocycles. The monoisotopic (exact) mass is 136 g/mol. The maximum absolute atomic E-state index is 6.78. The third-order valence-corrected chi connectivity index (χ3v) is 1.51. The van der Waals surface area contributed by atoms with E-state index in [1.54, 1.807) is 0 Å². The number of rotatable bonds is 3. The largest absolute Gasteiger partial charge is 0.305 e. The summed E-state index contributed by atoms with van der Waals surface area (Å²) >= 11 is 0. The fourth-order valence-corrected chi connectivity index (χ4v) is 0.795. The van der Waals surface area contributed by atoms with Crippen molar-refractivity contribution in [3.63, 3.8) is 0 Å². The standard InChI is InChI=1S/C8H12N2/c1-5-6-8(10-4)7(2)9-3/h7-8H,5-6H2,1-2H3. The molecule has 0 aromatic carbocycles. The van der Waals surface area contributed by atoms with Crippen molar-refractivity contribution in [1.82, 2.24) is 0 Å². The van der Waals surface area contributed by atoms with Crippen LogP contribution in [0, 0.1) is 13.1 Å². The van der Waals surface area contributed by atoms with Crippen molar-refractivity contribution >= 4 is 0 Å². The summed E-state index contributed by atoms with van der Waals surface area (Å²) in [6.07, 6.45) is 1.85. The zero-order chi connectivity index (χ0) is 7.98. The van der Waals surface area contributed by atoms with Crippen molar-refractivity contribution in [3.8, 4) is 0 Å². The lowest BCUT2D eigenvalue weighted by Crippen LogP contribution is -2.15. The number of nitrogens with zero attached hydrogens (tertiary/aromatic N) is 2. The summed E-state index contributed by atoms with van der Waals surface area (Å²) in [5.74, 6) is 0. The highest BCUT2D eigenvalue weighted by atomic mass is 14.8. The molecular weight excluding hydrogens is 124 g/mol. The summed E-state index contributed by atoms with van der Waals surface area (Å²) in [7, 11) is 0. The molecule has 0 bridgehead atoms. The van der Waals surface area contributed by atoms with Crippen molar-refractivity contribution in [3.05, 3.63) is 22.8 Å². The van der Waals surface area contributed by atoms with Crippen LogP contribution in [0.25, 0.3) is 9.69 Å². The smallest absolute Gasteiger partial charge is 0.296 e. The van der Waals surface area contributed by atoms with Gasteiger partial charge in [0.25, 0.3) is 12.1 Å². The molecule has 0 spiro atoms. The van der Waals surface area contributed by atoms with E-state index in [-0.39, 0.29) is 12.1 Å². The molecule has 0 aromatic heterocycles. The van der Waals surface area contributed by atoms with Gasteiger partial charge in [-0.15, -0.1) is 0 Å². The van der Waals surface area contributed by atoms with Crippen LogP contribution < -0.4 is 0 Å². The molecule has 0 saturated carbocycles. The maximum atomic E-state index is 6.78. The lowest BCUT2D eigenvalue weighted by atomic mass is 10.1. The Kier molecular flexibility index (Phi) is 4.33. The van der Waals surface area contributed by atoms with Gasteiger partial charge in [-0.1, -0.05) is 6.92 Å². The van der Waals surface area contributed by atoms with Gasteiger partial charge < -0.3 is 9.69 Å². The van der Waals surface area contributed by atoms with Crippen LogP contribution in [0.3, 0.4) is 0 Å². The minimum Gasteiger partial charge on any atom is -0.305 e. The second-order valence-corrected chi connectivity index (χ2v) is 2.35. The second kappa shape index (κ2) is 4.82. The highest BCUT2D eigenvalue weighted by molar-refractivity contribution is 4.93. The second-order valence-electron chi connectivity index (χ2n) is 2.35. The van der Waals surface area contributed by atoms with Crippen molar-refractivity contribution in [1.29, 1.82) is 0 Å². The van der Waals surface area contributed by atoms with Crippen LogP contribution in [0.2, 0.25) is 0 Å². The summed E-state index contributed by atoms with van der Waals surface area (Å²) in [6.45, 7) is 17.3. The molecule has 0 amide bonds. The minimum absolute atomic E-state index is 0.0810. The maximum Gasteiger partial charge on any atom is 0.296 e.